The van der Waals surface area contributed by atoms with E-state index in [1.807, 2.05) is 74.5 Å². The van der Waals surface area contributed by atoms with Gasteiger partial charge in [0.2, 0.25) is 0 Å². The van der Waals surface area contributed by atoms with Crippen LogP contribution in [0.1, 0.15) is 16.7 Å². The maximum Gasteiger partial charge on any atom is 0.368 e. The summed E-state index contributed by atoms with van der Waals surface area (Å²) in [5, 5.41) is 7.78. The average Bonchev–Trinajstić information content (AvgIpc) is 3.11. The van der Waals surface area contributed by atoms with Crippen LogP contribution in [-0.2, 0) is 13.7 Å². The van der Waals surface area contributed by atoms with Crippen molar-refractivity contribution in [1.82, 2.24) is 19.8 Å². The Bertz CT molecular complexity index is 1290. The maximum absolute atomic E-state index is 12.3. The van der Waals surface area contributed by atoms with E-state index in [1.165, 1.54) is 9.36 Å². The predicted octanol–water partition coefficient (Wildman–Crippen LogP) is 3.84. The molecule has 0 amide bonds. The summed E-state index contributed by atoms with van der Waals surface area (Å²) in [6.45, 7) is 4.34. The predicted molar refractivity (Wildman–Crippen MR) is 119 cm³/mol. The standard InChI is InChI=1S/C24H24N4O3/c1-16-8-7-10-22(28-24(29)27(3)25-26-28)21(16)15-31-18-12-13-19(17(2)14-18)20-9-5-6-11-23(20)30-4/h5-14H,15H2,1-4H3. The fraction of sp³-hybridized carbons (Fsp3) is 0.208. The van der Waals surface area contributed by atoms with Crippen molar-refractivity contribution in [2.45, 2.75) is 20.5 Å². The highest BCUT2D eigenvalue weighted by Crippen LogP contribution is 2.33. The molecule has 1 heterocycles. The molecule has 0 radical (unpaired) electrons. The number of hydrogen-bond donors (Lipinski definition) is 0. The second-order valence-electron chi connectivity index (χ2n) is 7.34. The first-order valence-corrected chi connectivity index (χ1v) is 9.94. The Morgan fingerprint density at radius 1 is 0.903 bits per heavy atom. The fourth-order valence-electron chi connectivity index (χ4n) is 3.59. The molecule has 0 bridgehead atoms. The van der Waals surface area contributed by atoms with Gasteiger partial charge in [0.25, 0.3) is 0 Å². The van der Waals surface area contributed by atoms with Gasteiger partial charge in [0.05, 0.1) is 12.8 Å². The fourth-order valence-corrected chi connectivity index (χ4v) is 3.59. The molecular weight excluding hydrogens is 392 g/mol. The maximum atomic E-state index is 12.3. The van der Waals surface area contributed by atoms with Crippen LogP contribution in [0.25, 0.3) is 16.8 Å². The molecule has 0 aliphatic heterocycles. The molecule has 0 saturated carbocycles. The van der Waals surface area contributed by atoms with Gasteiger partial charge in [-0.05, 0) is 65.2 Å². The summed E-state index contributed by atoms with van der Waals surface area (Å²) in [7, 11) is 3.25. The van der Waals surface area contributed by atoms with Crippen molar-refractivity contribution >= 4 is 0 Å². The summed E-state index contributed by atoms with van der Waals surface area (Å²) in [5.74, 6) is 1.58. The van der Waals surface area contributed by atoms with Crippen LogP contribution in [0.4, 0.5) is 0 Å². The molecule has 0 saturated heterocycles. The topological polar surface area (TPSA) is 71.2 Å². The molecule has 158 valence electrons. The number of nitrogens with zero attached hydrogens (tertiary/aromatic N) is 4. The van der Waals surface area contributed by atoms with Crippen LogP contribution in [0.3, 0.4) is 0 Å². The van der Waals surface area contributed by atoms with E-state index in [4.69, 9.17) is 9.47 Å². The average molecular weight is 416 g/mol. The number of aromatic nitrogens is 4. The lowest BCUT2D eigenvalue weighted by atomic mass is 9.99. The molecule has 7 nitrogen and oxygen atoms in total. The van der Waals surface area contributed by atoms with Crippen LogP contribution in [0, 0.1) is 13.8 Å². The minimum absolute atomic E-state index is 0.302. The van der Waals surface area contributed by atoms with Crippen molar-refractivity contribution in [2.75, 3.05) is 7.11 Å². The lowest BCUT2D eigenvalue weighted by Gasteiger charge is -2.15. The summed E-state index contributed by atoms with van der Waals surface area (Å²) >= 11 is 0. The van der Waals surface area contributed by atoms with Crippen LogP contribution < -0.4 is 15.2 Å². The van der Waals surface area contributed by atoms with Gasteiger partial charge >= 0.3 is 5.69 Å². The van der Waals surface area contributed by atoms with E-state index >= 15 is 0 Å². The third-order valence-corrected chi connectivity index (χ3v) is 5.31. The Kier molecular flexibility index (Phi) is 5.58. The van der Waals surface area contributed by atoms with Gasteiger partial charge in [-0.15, -0.1) is 0 Å². The Balaban J connectivity index is 1.62. The zero-order chi connectivity index (χ0) is 22.0. The first-order chi connectivity index (χ1) is 15.0. The molecule has 7 heteroatoms. The van der Waals surface area contributed by atoms with Gasteiger partial charge in [0, 0.05) is 18.2 Å². The highest BCUT2D eigenvalue weighted by molar-refractivity contribution is 5.73. The third-order valence-electron chi connectivity index (χ3n) is 5.31. The van der Waals surface area contributed by atoms with Crippen LogP contribution in [-0.4, -0.2) is 26.9 Å². The van der Waals surface area contributed by atoms with Crippen LogP contribution in [0.5, 0.6) is 11.5 Å². The van der Waals surface area contributed by atoms with Crippen molar-refractivity contribution in [3.63, 3.8) is 0 Å². The number of tetrazole rings is 1. The Hall–Kier alpha value is -3.87. The Morgan fingerprint density at radius 2 is 1.71 bits per heavy atom. The summed E-state index contributed by atoms with van der Waals surface area (Å²) in [6, 6.07) is 19.7. The lowest BCUT2D eigenvalue weighted by molar-refractivity contribution is 0.304. The van der Waals surface area contributed by atoms with E-state index in [2.05, 4.69) is 10.4 Å². The smallest absolute Gasteiger partial charge is 0.368 e. The molecule has 0 N–H and O–H groups in total. The zero-order valence-corrected chi connectivity index (χ0v) is 18.0. The Labute approximate surface area is 180 Å². The quantitative estimate of drug-likeness (QED) is 0.478. The summed E-state index contributed by atoms with van der Waals surface area (Å²) in [4.78, 5) is 12.3. The van der Waals surface area contributed by atoms with E-state index in [0.29, 0.717) is 12.3 Å². The summed E-state index contributed by atoms with van der Waals surface area (Å²) in [6.07, 6.45) is 0. The molecule has 4 rings (SSSR count). The number of methoxy groups -OCH3 is 1. The van der Waals surface area contributed by atoms with Gasteiger partial charge in [-0.1, -0.05) is 36.4 Å². The van der Waals surface area contributed by atoms with Crippen molar-refractivity contribution in [3.8, 4) is 28.3 Å². The molecule has 4 aromatic rings. The van der Waals surface area contributed by atoms with Gasteiger partial charge in [0.1, 0.15) is 18.1 Å². The molecule has 0 atom stereocenters. The van der Waals surface area contributed by atoms with Gasteiger partial charge in [0.15, 0.2) is 0 Å². The highest BCUT2D eigenvalue weighted by Gasteiger charge is 2.14. The highest BCUT2D eigenvalue weighted by atomic mass is 16.5. The molecule has 31 heavy (non-hydrogen) atoms. The van der Waals surface area contributed by atoms with Gasteiger partial charge in [-0.3, -0.25) is 0 Å². The van der Waals surface area contributed by atoms with Crippen LogP contribution >= 0.6 is 0 Å². The summed E-state index contributed by atoms with van der Waals surface area (Å²) in [5.41, 5.74) is 5.47. The number of para-hydroxylation sites is 1. The van der Waals surface area contributed by atoms with Gasteiger partial charge in [-0.2, -0.15) is 9.36 Å². The second-order valence-corrected chi connectivity index (χ2v) is 7.34. The lowest BCUT2D eigenvalue weighted by Crippen LogP contribution is -2.23. The van der Waals surface area contributed by atoms with E-state index in [9.17, 15) is 4.79 Å². The van der Waals surface area contributed by atoms with E-state index < -0.39 is 0 Å². The minimum Gasteiger partial charge on any atom is -0.496 e. The van der Waals surface area contributed by atoms with Crippen LogP contribution in [0.2, 0.25) is 0 Å². The van der Waals surface area contributed by atoms with Crippen molar-refractivity contribution in [3.05, 3.63) is 87.8 Å². The van der Waals surface area contributed by atoms with Crippen molar-refractivity contribution in [1.29, 1.82) is 0 Å². The normalized spacial score (nSPS) is 10.8. The van der Waals surface area contributed by atoms with Crippen molar-refractivity contribution < 1.29 is 9.47 Å². The number of aryl methyl sites for hydroxylation is 3. The molecule has 0 aliphatic rings. The molecule has 3 aromatic carbocycles. The molecule has 1 aromatic heterocycles. The van der Waals surface area contributed by atoms with Gasteiger partial charge < -0.3 is 9.47 Å². The minimum atomic E-state index is -0.302. The third kappa shape index (κ3) is 3.94. The molecular formula is C24H24N4O3. The summed E-state index contributed by atoms with van der Waals surface area (Å²) < 4.78 is 14.1. The number of benzene rings is 3. The molecule has 0 aliphatic carbocycles. The van der Waals surface area contributed by atoms with E-state index in [0.717, 1.165) is 39.3 Å². The number of hydrogen-bond acceptors (Lipinski definition) is 5. The van der Waals surface area contributed by atoms with E-state index in [-0.39, 0.29) is 5.69 Å². The molecule has 0 fully saturated rings. The number of ether oxygens (including phenoxy) is 2. The SMILES string of the molecule is COc1ccccc1-c1ccc(OCc2c(C)cccc2-n2nnn(C)c2=O)cc1C. The monoisotopic (exact) mass is 416 g/mol. The largest absolute Gasteiger partial charge is 0.496 e. The second kappa shape index (κ2) is 8.47. The van der Waals surface area contributed by atoms with Crippen LogP contribution in [0.15, 0.2) is 65.5 Å². The van der Waals surface area contributed by atoms with E-state index in [1.54, 1.807) is 14.2 Å². The molecule has 0 unspecified atom stereocenters. The Morgan fingerprint density at radius 3 is 2.42 bits per heavy atom. The zero-order valence-electron chi connectivity index (χ0n) is 18.0. The number of rotatable bonds is 6. The van der Waals surface area contributed by atoms with Crippen molar-refractivity contribution in [2.24, 2.45) is 7.05 Å². The first-order valence-electron chi connectivity index (χ1n) is 9.94. The first kappa shape index (κ1) is 20.4. The molecule has 0 spiro atoms. The van der Waals surface area contributed by atoms with Gasteiger partial charge in [-0.25, -0.2) is 4.79 Å².